The maximum absolute atomic E-state index is 12.3. The molecule has 0 bridgehead atoms. The Morgan fingerprint density at radius 3 is 2.67 bits per heavy atom. The average Bonchev–Trinajstić information content (AvgIpc) is 2.85. The van der Waals surface area contributed by atoms with Crippen molar-refractivity contribution < 1.29 is 14.3 Å². The SMILES string of the molecule is CCC(C(=O)OCC(C)C)n1cc(C=O)c2ccccc21. The van der Waals surface area contributed by atoms with Gasteiger partial charge in [0.15, 0.2) is 6.29 Å². The highest BCUT2D eigenvalue weighted by Gasteiger charge is 2.23. The molecular formula is C17H21NO3. The molecule has 4 heteroatoms. The topological polar surface area (TPSA) is 48.3 Å². The summed E-state index contributed by atoms with van der Waals surface area (Å²) in [5.74, 6) is 0.0581. The normalized spacial score (nSPS) is 12.6. The molecule has 0 spiro atoms. The second kappa shape index (κ2) is 6.57. The molecule has 0 aliphatic carbocycles. The largest absolute Gasteiger partial charge is 0.464 e. The number of rotatable bonds is 6. The number of benzene rings is 1. The van der Waals surface area contributed by atoms with Gasteiger partial charge in [-0.3, -0.25) is 4.79 Å². The summed E-state index contributed by atoms with van der Waals surface area (Å²) in [5, 5.41) is 0.864. The van der Waals surface area contributed by atoms with Crippen molar-refractivity contribution in [1.82, 2.24) is 4.57 Å². The van der Waals surface area contributed by atoms with Crippen LogP contribution in [0.1, 0.15) is 43.6 Å². The van der Waals surface area contributed by atoms with Gasteiger partial charge in [-0.1, -0.05) is 39.0 Å². The number of ether oxygens (including phenoxy) is 1. The molecule has 1 aromatic heterocycles. The summed E-state index contributed by atoms with van der Waals surface area (Å²) in [5.41, 5.74) is 1.48. The minimum atomic E-state index is -0.401. The summed E-state index contributed by atoms with van der Waals surface area (Å²) in [6, 6.07) is 7.20. The van der Waals surface area contributed by atoms with Gasteiger partial charge in [0.2, 0.25) is 0 Å². The van der Waals surface area contributed by atoms with Crippen LogP contribution in [-0.2, 0) is 9.53 Å². The Balaban J connectivity index is 2.38. The predicted octanol–water partition coefficient (Wildman–Crippen LogP) is 3.60. The molecule has 0 saturated carbocycles. The predicted molar refractivity (Wildman–Crippen MR) is 82.5 cm³/mol. The molecule has 0 aliphatic heterocycles. The molecule has 0 N–H and O–H groups in total. The van der Waals surface area contributed by atoms with Gasteiger partial charge < -0.3 is 9.30 Å². The van der Waals surface area contributed by atoms with E-state index < -0.39 is 6.04 Å². The smallest absolute Gasteiger partial charge is 0.329 e. The number of carbonyl (C=O) groups is 2. The Labute approximate surface area is 124 Å². The van der Waals surface area contributed by atoms with E-state index in [4.69, 9.17) is 4.74 Å². The van der Waals surface area contributed by atoms with Crippen LogP contribution in [0.5, 0.6) is 0 Å². The van der Waals surface area contributed by atoms with Crippen LogP contribution in [0, 0.1) is 5.92 Å². The molecule has 1 aromatic carbocycles. The molecule has 1 atom stereocenters. The van der Waals surface area contributed by atoms with E-state index in [1.165, 1.54) is 0 Å². The van der Waals surface area contributed by atoms with E-state index in [1.807, 2.05) is 49.6 Å². The van der Waals surface area contributed by atoms with Crippen LogP contribution in [0.25, 0.3) is 10.9 Å². The fourth-order valence-corrected chi connectivity index (χ4v) is 2.41. The number of hydrogen-bond donors (Lipinski definition) is 0. The first kappa shape index (κ1) is 15.3. The highest BCUT2D eigenvalue weighted by atomic mass is 16.5. The lowest BCUT2D eigenvalue weighted by molar-refractivity contribution is -0.148. The third-order valence-corrected chi connectivity index (χ3v) is 3.45. The second-order valence-electron chi connectivity index (χ2n) is 5.57. The third-order valence-electron chi connectivity index (χ3n) is 3.45. The Bertz CT molecular complexity index is 643. The first-order valence-corrected chi connectivity index (χ1v) is 7.29. The zero-order valence-corrected chi connectivity index (χ0v) is 12.7. The monoisotopic (exact) mass is 287 g/mol. The minimum Gasteiger partial charge on any atom is -0.464 e. The molecule has 21 heavy (non-hydrogen) atoms. The van der Waals surface area contributed by atoms with Gasteiger partial charge in [-0.2, -0.15) is 0 Å². The molecular weight excluding hydrogens is 266 g/mol. The fourth-order valence-electron chi connectivity index (χ4n) is 2.41. The number of hydrogen-bond acceptors (Lipinski definition) is 3. The quantitative estimate of drug-likeness (QED) is 0.602. The molecule has 0 fully saturated rings. The number of para-hydroxylation sites is 1. The molecule has 1 heterocycles. The van der Waals surface area contributed by atoms with E-state index in [2.05, 4.69) is 0 Å². The van der Waals surface area contributed by atoms with Gasteiger partial charge in [-0.25, -0.2) is 4.79 Å². The lowest BCUT2D eigenvalue weighted by Crippen LogP contribution is -2.22. The lowest BCUT2D eigenvalue weighted by Gasteiger charge is -2.18. The van der Waals surface area contributed by atoms with E-state index in [9.17, 15) is 9.59 Å². The van der Waals surface area contributed by atoms with Gasteiger partial charge in [0.1, 0.15) is 6.04 Å². The number of carbonyl (C=O) groups excluding carboxylic acids is 2. The summed E-state index contributed by atoms with van der Waals surface area (Å²) in [6.07, 6.45) is 3.18. The zero-order chi connectivity index (χ0) is 15.4. The van der Waals surface area contributed by atoms with Crippen LogP contribution >= 0.6 is 0 Å². The van der Waals surface area contributed by atoms with Gasteiger partial charge in [-0.15, -0.1) is 0 Å². The van der Waals surface area contributed by atoms with Gasteiger partial charge >= 0.3 is 5.97 Å². The van der Waals surface area contributed by atoms with Crippen LogP contribution < -0.4 is 0 Å². The Morgan fingerprint density at radius 1 is 1.33 bits per heavy atom. The van der Waals surface area contributed by atoms with E-state index in [0.29, 0.717) is 24.5 Å². The molecule has 0 aliphatic rings. The molecule has 2 rings (SSSR count). The molecule has 4 nitrogen and oxygen atoms in total. The van der Waals surface area contributed by atoms with E-state index >= 15 is 0 Å². The van der Waals surface area contributed by atoms with Crippen molar-refractivity contribution in [3.05, 3.63) is 36.0 Å². The molecule has 112 valence electrons. The van der Waals surface area contributed by atoms with Crippen LogP contribution in [0.15, 0.2) is 30.5 Å². The summed E-state index contributed by atoms with van der Waals surface area (Å²) in [4.78, 5) is 23.5. The first-order valence-electron chi connectivity index (χ1n) is 7.29. The van der Waals surface area contributed by atoms with Gasteiger partial charge in [0, 0.05) is 22.7 Å². The number of aromatic nitrogens is 1. The lowest BCUT2D eigenvalue weighted by atomic mass is 10.2. The summed E-state index contributed by atoms with van der Waals surface area (Å²) in [6.45, 7) is 6.36. The number of aldehydes is 1. The zero-order valence-electron chi connectivity index (χ0n) is 12.7. The number of esters is 1. The van der Waals surface area contributed by atoms with Gasteiger partial charge in [0.05, 0.1) is 6.61 Å². The molecule has 1 unspecified atom stereocenters. The number of fused-ring (bicyclic) bond motifs is 1. The molecule has 2 aromatic rings. The molecule has 0 amide bonds. The van der Waals surface area contributed by atoms with Crippen molar-refractivity contribution in [3.8, 4) is 0 Å². The van der Waals surface area contributed by atoms with Crippen LogP contribution in [0.2, 0.25) is 0 Å². The van der Waals surface area contributed by atoms with Crippen molar-refractivity contribution in [3.63, 3.8) is 0 Å². The minimum absolute atomic E-state index is 0.246. The third kappa shape index (κ3) is 3.15. The summed E-state index contributed by atoms with van der Waals surface area (Å²) < 4.78 is 7.20. The van der Waals surface area contributed by atoms with E-state index in [0.717, 1.165) is 17.2 Å². The Kier molecular flexibility index (Phi) is 4.78. The van der Waals surface area contributed by atoms with E-state index in [-0.39, 0.29) is 5.97 Å². The average molecular weight is 287 g/mol. The van der Waals surface area contributed by atoms with E-state index in [1.54, 1.807) is 6.20 Å². The Hall–Kier alpha value is -2.10. The van der Waals surface area contributed by atoms with Crippen molar-refractivity contribution in [2.24, 2.45) is 5.92 Å². The van der Waals surface area contributed by atoms with Crippen molar-refractivity contribution in [1.29, 1.82) is 0 Å². The summed E-state index contributed by atoms with van der Waals surface area (Å²) in [7, 11) is 0. The molecule has 0 saturated heterocycles. The van der Waals surface area contributed by atoms with Gasteiger partial charge in [-0.05, 0) is 18.4 Å². The first-order chi connectivity index (χ1) is 10.1. The number of nitrogens with zero attached hydrogens (tertiary/aromatic N) is 1. The maximum Gasteiger partial charge on any atom is 0.329 e. The summed E-state index contributed by atoms with van der Waals surface area (Å²) >= 11 is 0. The van der Waals surface area contributed by atoms with Gasteiger partial charge in [0.25, 0.3) is 0 Å². The van der Waals surface area contributed by atoms with Crippen molar-refractivity contribution >= 4 is 23.2 Å². The van der Waals surface area contributed by atoms with Crippen LogP contribution in [0.3, 0.4) is 0 Å². The van der Waals surface area contributed by atoms with Crippen LogP contribution in [0.4, 0.5) is 0 Å². The highest BCUT2D eigenvalue weighted by molar-refractivity contribution is 5.98. The molecule has 0 radical (unpaired) electrons. The van der Waals surface area contributed by atoms with Crippen molar-refractivity contribution in [2.75, 3.05) is 6.61 Å². The fraction of sp³-hybridized carbons (Fsp3) is 0.412. The maximum atomic E-state index is 12.3. The Morgan fingerprint density at radius 2 is 2.05 bits per heavy atom. The van der Waals surface area contributed by atoms with Crippen molar-refractivity contribution in [2.45, 2.75) is 33.2 Å². The highest BCUT2D eigenvalue weighted by Crippen LogP contribution is 2.26. The standard InChI is InChI=1S/C17H21NO3/c1-4-15(17(20)21-11-12(2)3)18-9-13(10-19)14-7-5-6-8-16(14)18/h5-10,12,15H,4,11H2,1-3H3. The van der Waals surface area contributed by atoms with Crippen LogP contribution in [-0.4, -0.2) is 23.4 Å². The second-order valence-corrected chi connectivity index (χ2v) is 5.57.